The molecule has 0 aliphatic carbocycles. The van der Waals surface area contributed by atoms with Crippen molar-refractivity contribution in [2.45, 2.75) is 13.8 Å². The van der Waals surface area contributed by atoms with Gasteiger partial charge in [0, 0.05) is 13.8 Å². The minimum absolute atomic E-state index is 0.556. The number of ether oxygens (including phenoxy) is 2. The molecule has 0 N–H and O–H groups in total. The molecule has 17 heavy (non-hydrogen) atoms. The minimum Gasteiger partial charge on any atom is -0.393 e. The normalized spacial score (nSPS) is 11.5. The zero-order valence-corrected chi connectivity index (χ0v) is 10.6. The summed E-state index contributed by atoms with van der Waals surface area (Å²) in [6, 6.07) is 0. The second kappa shape index (κ2) is 6.24. The summed E-state index contributed by atoms with van der Waals surface area (Å²) in [4.78, 5) is 43.0. The van der Waals surface area contributed by atoms with E-state index in [4.69, 9.17) is 0 Å². The van der Waals surface area contributed by atoms with E-state index >= 15 is 0 Å². The fraction of sp³-hybridized carbons (Fsp3) is 0.556. The molecule has 0 aromatic heterocycles. The highest BCUT2D eigenvalue weighted by Crippen LogP contribution is 2.02. The molecular formula is C9H14O7S. The number of hydrogen-bond acceptors (Lipinski definition) is 7. The largest absolute Gasteiger partial charge is 0.393 e. The van der Waals surface area contributed by atoms with Crippen molar-refractivity contribution in [3.05, 3.63) is 0 Å². The molecule has 0 fully saturated rings. The van der Waals surface area contributed by atoms with Crippen LogP contribution in [-0.4, -0.2) is 45.8 Å². The van der Waals surface area contributed by atoms with Gasteiger partial charge in [-0.05, 0) is 6.26 Å². The number of hydrogen-bond donors (Lipinski definition) is 1. The number of carbonyl (C=O) groups excluding carboxylic acids is 4. The SMILES string of the molecule is CC(=O)OC(=O)C[SH](C)(=O)CC(=O)OC(C)=O. The van der Waals surface area contributed by atoms with Crippen LogP contribution < -0.4 is 0 Å². The summed E-state index contributed by atoms with van der Waals surface area (Å²) in [5.41, 5.74) is 0. The first-order valence-corrected chi connectivity index (χ1v) is 7.13. The third kappa shape index (κ3) is 8.26. The van der Waals surface area contributed by atoms with Gasteiger partial charge in [0.25, 0.3) is 0 Å². The Bertz CT molecular complexity index is 364. The summed E-state index contributed by atoms with van der Waals surface area (Å²) < 4.78 is 20.1. The van der Waals surface area contributed by atoms with E-state index < -0.39 is 45.3 Å². The smallest absolute Gasteiger partial charge is 0.324 e. The van der Waals surface area contributed by atoms with Crippen LogP contribution in [0.1, 0.15) is 13.8 Å². The quantitative estimate of drug-likeness (QED) is 0.387. The van der Waals surface area contributed by atoms with Crippen LogP contribution in [0, 0.1) is 0 Å². The molecule has 0 rings (SSSR count). The van der Waals surface area contributed by atoms with Crippen molar-refractivity contribution < 1.29 is 32.9 Å². The van der Waals surface area contributed by atoms with E-state index in [0.29, 0.717) is 0 Å². The van der Waals surface area contributed by atoms with Gasteiger partial charge >= 0.3 is 23.9 Å². The third-order valence-electron chi connectivity index (χ3n) is 1.44. The van der Waals surface area contributed by atoms with Crippen LogP contribution in [0.15, 0.2) is 0 Å². The van der Waals surface area contributed by atoms with Crippen LogP contribution in [-0.2, 0) is 38.6 Å². The molecule has 98 valence electrons. The van der Waals surface area contributed by atoms with E-state index in [2.05, 4.69) is 9.47 Å². The lowest BCUT2D eigenvalue weighted by Crippen LogP contribution is -2.32. The van der Waals surface area contributed by atoms with Crippen molar-refractivity contribution in [2.24, 2.45) is 0 Å². The summed E-state index contributed by atoms with van der Waals surface area (Å²) in [6.07, 6.45) is 1.19. The van der Waals surface area contributed by atoms with E-state index in [9.17, 15) is 23.4 Å². The molecule has 7 nitrogen and oxygen atoms in total. The molecule has 0 saturated heterocycles. The van der Waals surface area contributed by atoms with Gasteiger partial charge < -0.3 is 9.47 Å². The van der Waals surface area contributed by atoms with Gasteiger partial charge in [-0.3, -0.25) is 23.4 Å². The first-order chi connectivity index (χ1) is 7.62. The third-order valence-corrected chi connectivity index (χ3v) is 3.30. The van der Waals surface area contributed by atoms with E-state index in [1.54, 1.807) is 0 Å². The van der Waals surface area contributed by atoms with E-state index in [1.807, 2.05) is 0 Å². The molecule has 0 spiro atoms. The molecular weight excluding hydrogens is 252 g/mol. The van der Waals surface area contributed by atoms with E-state index in [0.717, 1.165) is 13.8 Å². The average Bonchev–Trinajstić information content (AvgIpc) is 1.95. The molecule has 0 radical (unpaired) electrons. The van der Waals surface area contributed by atoms with Crippen molar-refractivity contribution in [1.29, 1.82) is 0 Å². The van der Waals surface area contributed by atoms with Crippen molar-refractivity contribution in [2.75, 3.05) is 17.8 Å². The zero-order chi connectivity index (χ0) is 13.6. The molecule has 0 aromatic carbocycles. The van der Waals surface area contributed by atoms with Gasteiger partial charge in [-0.15, -0.1) is 0 Å². The number of esters is 4. The van der Waals surface area contributed by atoms with Crippen LogP contribution in [0.2, 0.25) is 0 Å². The highest BCUT2D eigenvalue weighted by Gasteiger charge is 2.22. The highest BCUT2D eigenvalue weighted by atomic mass is 32.2. The molecule has 0 atom stereocenters. The van der Waals surface area contributed by atoms with Gasteiger partial charge in [0.2, 0.25) is 0 Å². The lowest BCUT2D eigenvalue weighted by molar-refractivity contribution is -0.157. The van der Waals surface area contributed by atoms with Gasteiger partial charge in [0.1, 0.15) is 11.5 Å². The Morgan fingerprint density at radius 3 is 1.41 bits per heavy atom. The Labute approximate surface area is 98.9 Å². The van der Waals surface area contributed by atoms with Gasteiger partial charge in [-0.2, -0.15) is 0 Å². The second-order valence-corrected chi connectivity index (χ2v) is 6.77. The first-order valence-electron chi connectivity index (χ1n) is 4.60. The van der Waals surface area contributed by atoms with Crippen molar-refractivity contribution in [1.82, 2.24) is 0 Å². The molecule has 0 saturated carbocycles. The summed E-state index contributed by atoms with van der Waals surface area (Å²) in [5, 5.41) is 0. The monoisotopic (exact) mass is 266 g/mol. The van der Waals surface area contributed by atoms with Crippen molar-refractivity contribution >= 4 is 33.8 Å². The van der Waals surface area contributed by atoms with Crippen LogP contribution >= 0.6 is 0 Å². The summed E-state index contributed by atoms with van der Waals surface area (Å²) >= 11 is 0. The molecule has 0 bridgehead atoms. The van der Waals surface area contributed by atoms with Crippen LogP contribution in [0.5, 0.6) is 0 Å². The number of carbonyl (C=O) groups is 4. The minimum atomic E-state index is -3.17. The second-order valence-electron chi connectivity index (χ2n) is 3.54. The molecule has 8 heteroatoms. The fourth-order valence-electron chi connectivity index (χ4n) is 0.987. The maximum absolute atomic E-state index is 11.8. The standard InChI is InChI=1S/C9H14O7S/c1-6(10)15-8(12)4-17(3,14)5-9(13)16-7(2)11/h17H,4-5H2,1-3H3. The molecule has 0 heterocycles. The van der Waals surface area contributed by atoms with Gasteiger partial charge in [0.15, 0.2) is 0 Å². The number of thiol groups is 1. The molecule has 0 unspecified atom stereocenters. The lowest BCUT2D eigenvalue weighted by atomic mass is 10.7. The maximum Gasteiger partial charge on any atom is 0.324 e. The summed E-state index contributed by atoms with van der Waals surface area (Å²) in [5.74, 6) is -4.69. The van der Waals surface area contributed by atoms with Gasteiger partial charge in [-0.25, -0.2) is 0 Å². The van der Waals surface area contributed by atoms with E-state index in [-0.39, 0.29) is 0 Å². The fourth-order valence-corrected chi connectivity index (χ4v) is 2.32. The van der Waals surface area contributed by atoms with E-state index in [1.165, 1.54) is 6.26 Å². The topological polar surface area (TPSA) is 104 Å². The van der Waals surface area contributed by atoms with Crippen molar-refractivity contribution in [3.8, 4) is 0 Å². The predicted octanol–water partition coefficient (Wildman–Crippen LogP) is -1.19. The van der Waals surface area contributed by atoms with Crippen LogP contribution in [0.3, 0.4) is 0 Å². The maximum atomic E-state index is 11.8. The Kier molecular flexibility index (Phi) is 5.66. The Morgan fingerprint density at radius 2 is 1.18 bits per heavy atom. The molecule has 0 amide bonds. The predicted molar refractivity (Wildman–Crippen MR) is 58.7 cm³/mol. The van der Waals surface area contributed by atoms with Crippen LogP contribution in [0.25, 0.3) is 0 Å². The first kappa shape index (κ1) is 15.4. The Morgan fingerprint density at radius 1 is 0.882 bits per heavy atom. The molecule has 0 aromatic rings. The highest BCUT2D eigenvalue weighted by molar-refractivity contribution is 8.03. The average molecular weight is 266 g/mol. The summed E-state index contributed by atoms with van der Waals surface area (Å²) in [7, 11) is -3.17. The number of rotatable bonds is 4. The molecule has 0 aliphatic heterocycles. The van der Waals surface area contributed by atoms with Gasteiger partial charge in [0.05, 0.1) is 0 Å². The Balaban J connectivity index is 4.34. The summed E-state index contributed by atoms with van der Waals surface area (Å²) in [6.45, 7) is 2.06. The zero-order valence-electron chi connectivity index (χ0n) is 9.72. The lowest BCUT2D eigenvalue weighted by Gasteiger charge is -2.14. The van der Waals surface area contributed by atoms with Gasteiger partial charge in [-0.1, -0.05) is 9.93 Å². The Hall–Kier alpha value is -1.57. The van der Waals surface area contributed by atoms with Crippen LogP contribution in [0.4, 0.5) is 0 Å². The molecule has 0 aliphatic rings. The van der Waals surface area contributed by atoms with Crippen molar-refractivity contribution in [3.63, 3.8) is 0 Å².